The van der Waals surface area contributed by atoms with Crippen molar-refractivity contribution in [1.29, 1.82) is 0 Å². The van der Waals surface area contributed by atoms with Gasteiger partial charge >= 0.3 is 5.97 Å². The lowest BCUT2D eigenvalue weighted by molar-refractivity contribution is 0.0696. The number of benzene rings is 2. The molecule has 1 unspecified atom stereocenters. The predicted octanol–water partition coefficient (Wildman–Crippen LogP) is 4.62. The van der Waals surface area contributed by atoms with E-state index < -0.39 is 5.97 Å². The van der Waals surface area contributed by atoms with E-state index in [4.69, 9.17) is 5.11 Å². The quantitative estimate of drug-likeness (QED) is 0.801. The molecule has 0 aliphatic carbocycles. The fourth-order valence-electron chi connectivity index (χ4n) is 3.83. The van der Waals surface area contributed by atoms with E-state index in [0.29, 0.717) is 5.56 Å². The van der Waals surface area contributed by atoms with Gasteiger partial charge in [0, 0.05) is 13.1 Å². The van der Waals surface area contributed by atoms with E-state index in [1.807, 2.05) is 12.1 Å². The van der Waals surface area contributed by atoms with Gasteiger partial charge in [-0.1, -0.05) is 42.5 Å². The molecule has 1 saturated heterocycles. The lowest BCUT2D eigenvalue weighted by atomic mass is 9.91. The summed E-state index contributed by atoms with van der Waals surface area (Å²) < 4.78 is 0. The molecule has 0 bridgehead atoms. The Labute approximate surface area is 150 Å². The van der Waals surface area contributed by atoms with E-state index in [0.717, 1.165) is 37.5 Å². The molecular formula is C22H27NO2. The van der Waals surface area contributed by atoms with Crippen LogP contribution in [0.15, 0.2) is 54.6 Å². The third-order valence-corrected chi connectivity index (χ3v) is 5.10. The van der Waals surface area contributed by atoms with Gasteiger partial charge in [-0.05, 0) is 67.8 Å². The van der Waals surface area contributed by atoms with Crippen molar-refractivity contribution < 1.29 is 9.90 Å². The van der Waals surface area contributed by atoms with Gasteiger partial charge in [-0.2, -0.15) is 0 Å². The minimum absolute atomic E-state index is 0.383. The van der Waals surface area contributed by atoms with Crippen molar-refractivity contribution in [2.45, 2.75) is 38.6 Å². The molecule has 25 heavy (non-hydrogen) atoms. The monoisotopic (exact) mass is 337 g/mol. The van der Waals surface area contributed by atoms with Crippen LogP contribution in [0.25, 0.3) is 0 Å². The number of hydrogen-bond acceptors (Lipinski definition) is 2. The zero-order valence-corrected chi connectivity index (χ0v) is 14.7. The van der Waals surface area contributed by atoms with Gasteiger partial charge in [0.1, 0.15) is 0 Å². The highest BCUT2D eigenvalue weighted by Crippen LogP contribution is 2.23. The van der Waals surface area contributed by atoms with Crippen LogP contribution in [0.1, 0.15) is 47.2 Å². The molecule has 3 nitrogen and oxygen atoms in total. The maximum atomic E-state index is 11.1. The molecule has 1 aliphatic heterocycles. The Hall–Kier alpha value is -2.13. The number of carboxylic acid groups (broad SMARTS) is 1. The average molecular weight is 337 g/mol. The van der Waals surface area contributed by atoms with Crippen molar-refractivity contribution in [1.82, 2.24) is 4.90 Å². The smallest absolute Gasteiger partial charge is 0.335 e. The Morgan fingerprint density at radius 3 is 2.68 bits per heavy atom. The molecule has 0 radical (unpaired) electrons. The molecule has 0 amide bonds. The van der Waals surface area contributed by atoms with Gasteiger partial charge in [0.05, 0.1) is 5.56 Å². The van der Waals surface area contributed by atoms with Crippen LogP contribution in [-0.4, -0.2) is 29.1 Å². The maximum Gasteiger partial charge on any atom is 0.335 e. The first-order chi connectivity index (χ1) is 12.2. The van der Waals surface area contributed by atoms with Crippen molar-refractivity contribution in [3.63, 3.8) is 0 Å². The average Bonchev–Trinajstić information content (AvgIpc) is 2.63. The highest BCUT2D eigenvalue weighted by atomic mass is 16.4. The standard InChI is InChI=1S/C22H27NO2/c24-22(25)21-13-5-11-20(15-21)17-23-14-6-12-19(16-23)10-4-9-18-7-2-1-3-8-18/h1-3,5,7-8,11,13,15,19H,4,6,9-10,12,14,16-17H2,(H,24,25). The summed E-state index contributed by atoms with van der Waals surface area (Å²) in [6, 6.07) is 18.1. The molecule has 132 valence electrons. The van der Waals surface area contributed by atoms with Gasteiger partial charge in [-0.3, -0.25) is 4.90 Å². The largest absolute Gasteiger partial charge is 0.478 e. The van der Waals surface area contributed by atoms with Gasteiger partial charge in [-0.15, -0.1) is 0 Å². The molecule has 1 aliphatic rings. The van der Waals surface area contributed by atoms with Crippen molar-refractivity contribution in [2.75, 3.05) is 13.1 Å². The fraction of sp³-hybridized carbons (Fsp3) is 0.409. The molecule has 0 aromatic heterocycles. The van der Waals surface area contributed by atoms with E-state index in [2.05, 4.69) is 35.2 Å². The van der Waals surface area contributed by atoms with Crippen LogP contribution in [0.3, 0.4) is 0 Å². The molecule has 0 saturated carbocycles. The Balaban J connectivity index is 1.47. The molecule has 3 rings (SSSR count). The van der Waals surface area contributed by atoms with Crippen molar-refractivity contribution in [3.8, 4) is 0 Å². The molecule has 1 fully saturated rings. The summed E-state index contributed by atoms with van der Waals surface area (Å²) >= 11 is 0. The highest BCUT2D eigenvalue weighted by molar-refractivity contribution is 5.87. The molecule has 2 aromatic rings. The Bertz CT molecular complexity index is 683. The van der Waals surface area contributed by atoms with Crippen LogP contribution in [0.5, 0.6) is 0 Å². The summed E-state index contributed by atoms with van der Waals surface area (Å²) in [5, 5.41) is 9.13. The number of nitrogens with zero attached hydrogens (tertiary/aromatic N) is 1. The van der Waals surface area contributed by atoms with Crippen molar-refractivity contribution >= 4 is 5.97 Å². The van der Waals surface area contributed by atoms with E-state index in [1.54, 1.807) is 12.1 Å². The highest BCUT2D eigenvalue weighted by Gasteiger charge is 2.20. The molecule has 2 aromatic carbocycles. The number of aryl methyl sites for hydroxylation is 1. The van der Waals surface area contributed by atoms with Gasteiger partial charge in [0.15, 0.2) is 0 Å². The molecule has 0 spiro atoms. The summed E-state index contributed by atoms with van der Waals surface area (Å²) in [6.07, 6.45) is 6.25. The predicted molar refractivity (Wildman–Crippen MR) is 101 cm³/mol. The van der Waals surface area contributed by atoms with E-state index in [-0.39, 0.29) is 0 Å². The third-order valence-electron chi connectivity index (χ3n) is 5.10. The molecule has 1 N–H and O–H groups in total. The molecule has 1 atom stereocenters. The van der Waals surface area contributed by atoms with Gasteiger partial charge < -0.3 is 5.11 Å². The lowest BCUT2D eigenvalue weighted by Gasteiger charge is -2.33. The second-order valence-corrected chi connectivity index (χ2v) is 7.13. The van der Waals surface area contributed by atoms with Crippen molar-refractivity contribution in [3.05, 3.63) is 71.3 Å². The Morgan fingerprint density at radius 1 is 1.08 bits per heavy atom. The second-order valence-electron chi connectivity index (χ2n) is 7.13. The third kappa shape index (κ3) is 5.43. The zero-order valence-electron chi connectivity index (χ0n) is 14.7. The zero-order chi connectivity index (χ0) is 17.5. The minimum atomic E-state index is -0.848. The molecule has 1 heterocycles. The molecular weight excluding hydrogens is 310 g/mol. The summed E-state index contributed by atoms with van der Waals surface area (Å²) in [7, 11) is 0. The number of aromatic carboxylic acids is 1. The van der Waals surface area contributed by atoms with Crippen LogP contribution in [0, 0.1) is 5.92 Å². The first kappa shape index (κ1) is 17.7. The summed E-state index contributed by atoms with van der Waals surface area (Å²) in [4.78, 5) is 13.6. The number of hydrogen-bond donors (Lipinski definition) is 1. The summed E-state index contributed by atoms with van der Waals surface area (Å²) in [6.45, 7) is 3.11. The van der Waals surface area contributed by atoms with Crippen LogP contribution in [-0.2, 0) is 13.0 Å². The first-order valence-electron chi connectivity index (χ1n) is 9.29. The normalized spacial score (nSPS) is 18.2. The number of carboxylic acids is 1. The number of piperidine rings is 1. The SMILES string of the molecule is O=C(O)c1cccc(CN2CCCC(CCCc3ccccc3)C2)c1. The van der Waals surface area contributed by atoms with Gasteiger partial charge in [0.2, 0.25) is 0 Å². The fourth-order valence-corrected chi connectivity index (χ4v) is 3.83. The van der Waals surface area contributed by atoms with Crippen LogP contribution < -0.4 is 0 Å². The lowest BCUT2D eigenvalue weighted by Crippen LogP contribution is -2.35. The van der Waals surface area contributed by atoms with E-state index in [9.17, 15) is 4.79 Å². The Kier molecular flexibility index (Phi) is 6.24. The van der Waals surface area contributed by atoms with Gasteiger partial charge in [-0.25, -0.2) is 4.79 Å². The van der Waals surface area contributed by atoms with Crippen LogP contribution in [0.4, 0.5) is 0 Å². The number of rotatable bonds is 7. The first-order valence-corrected chi connectivity index (χ1v) is 9.29. The topological polar surface area (TPSA) is 40.5 Å². The van der Waals surface area contributed by atoms with Crippen molar-refractivity contribution in [2.24, 2.45) is 5.92 Å². The number of carbonyl (C=O) groups is 1. The Morgan fingerprint density at radius 2 is 1.88 bits per heavy atom. The van der Waals surface area contributed by atoms with Crippen LogP contribution >= 0.6 is 0 Å². The van der Waals surface area contributed by atoms with Gasteiger partial charge in [0.25, 0.3) is 0 Å². The van der Waals surface area contributed by atoms with E-state index >= 15 is 0 Å². The summed E-state index contributed by atoms with van der Waals surface area (Å²) in [5.41, 5.74) is 2.92. The second kappa shape index (κ2) is 8.82. The maximum absolute atomic E-state index is 11.1. The van der Waals surface area contributed by atoms with Crippen LogP contribution in [0.2, 0.25) is 0 Å². The number of likely N-dealkylation sites (tertiary alicyclic amines) is 1. The molecule has 3 heteroatoms. The summed E-state index contributed by atoms with van der Waals surface area (Å²) in [5.74, 6) is -0.0839. The minimum Gasteiger partial charge on any atom is -0.478 e. The van der Waals surface area contributed by atoms with E-state index in [1.165, 1.54) is 31.2 Å².